The molecular formula is C13H12ClNO3S. The Kier molecular flexibility index (Phi) is 4.09. The van der Waals surface area contributed by atoms with Gasteiger partial charge in [-0.05, 0) is 42.0 Å². The summed E-state index contributed by atoms with van der Waals surface area (Å²) < 4.78 is 27.7. The molecule has 0 amide bonds. The minimum absolute atomic E-state index is 0.0614. The van der Waals surface area contributed by atoms with Gasteiger partial charge in [0.25, 0.3) is 0 Å². The van der Waals surface area contributed by atoms with Crippen molar-refractivity contribution in [2.24, 2.45) is 5.14 Å². The number of rotatable bonds is 4. The summed E-state index contributed by atoms with van der Waals surface area (Å²) in [5.41, 5.74) is 0.972. The number of nitrogens with two attached hydrogens (primary N) is 1. The van der Waals surface area contributed by atoms with Gasteiger partial charge < -0.3 is 4.74 Å². The number of ether oxygens (including phenoxy) is 1. The molecule has 0 aliphatic rings. The third-order valence-corrected chi connectivity index (χ3v) is 3.65. The van der Waals surface area contributed by atoms with Gasteiger partial charge in [-0.3, -0.25) is 0 Å². The maximum Gasteiger partial charge on any atom is 0.238 e. The van der Waals surface area contributed by atoms with Crippen LogP contribution < -0.4 is 9.88 Å². The second kappa shape index (κ2) is 5.61. The van der Waals surface area contributed by atoms with Gasteiger partial charge in [-0.25, -0.2) is 13.6 Å². The van der Waals surface area contributed by atoms with Gasteiger partial charge in [0.15, 0.2) is 0 Å². The van der Waals surface area contributed by atoms with E-state index in [1.165, 1.54) is 12.1 Å². The summed E-state index contributed by atoms with van der Waals surface area (Å²) in [5.74, 6) is 0.572. The lowest BCUT2D eigenvalue weighted by molar-refractivity contribution is 0.306. The van der Waals surface area contributed by atoms with E-state index in [1.54, 1.807) is 24.3 Å². The summed E-state index contributed by atoms with van der Waals surface area (Å²) in [6, 6.07) is 13.2. The molecule has 2 N–H and O–H groups in total. The smallest absolute Gasteiger partial charge is 0.238 e. The Bertz CT molecular complexity index is 651. The molecule has 2 aromatic rings. The first-order valence-electron chi connectivity index (χ1n) is 5.45. The molecule has 0 saturated heterocycles. The molecule has 6 heteroatoms. The molecule has 0 bridgehead atoms. The highest BCUT2D eigenvalue weighted by atomic mass is 35.5. The van der Waals surface area contributed by atoms with Crippen molar-refractivity contribution in [2.45, 2.75) is 11.5 Å². The van der Waals surface area contributed by atoms with E-state index in [2.05, 4.69) is 0 Å². The van der Waals surface area contributed by atoms with Gasteiger partial charge in [0, 0.05) is 5.02 Å². The van der Waals surface area contributed by atoms with Gasteiger partial charge in [0.05, 0.1) is 4.90 Å². The number of halogens is 1. The fraction of sp³-hybridized carbons (Fsp3) is 0.0769. The van der Waals surface area contributed by atoms with Gasteiger partial charge in [0.1, 0.15) is 12.4 Å². The van der Waals surface area contributed by atoms with Gasteiger partial charge in [0.2, 0.25) is 10.0 Å². The van der Waals surface area contributed by atoms with Crippen molar-refractivity contribution in [3.8, 4) is 5.75 Å². The Hall–Kier alpha value is -1.56. The summed E-state index contributed by atoms with van der Waals surface area (Å²) in [6.45, 7) is 0.381. The van der Waals surface area contributed by atoms with E-state index in [9.17, 15) is 8.42 Å². The lowest BCUT2D eigenvalue weighted by Gasteiger charge is -2.07. The van der Waals surface area contributed by atoms with Gasteiger partial charge in [-0.15, -0.1) is 0 Å². The number of primary sulfonamides is 1. The van der Waals surface area contributed by atoms with Crippen molar-refractivity contribution in [1.82, 2.24) is 0 Å². The molecule has 0 atom stereocenters. The summed E-state index contributed by atoms with van der Waals surface area (Å²) in [7, 11) is -3.66. The molecule has 0 aliphatic carbocycles. The maximum atomic E-state index is 11.1. The van der Waals surface area contributed by atoms with Crippen LogP contribution in [0.2, 0.25) is 5.02 Å². The van der Waals surface area contributed by atoms with Gasteiger partial charge in [-0.2, -0.15) is 0 Å². The zero-order valence-electron chi connectivity index (χ0n) is 9.91. The molecule has 4 nitrogen and oxygen atoms in total. The van der Waals surface area contributed by atoms with Crippen LogP contribution in [0.4, 0.5) is 0 Å². The van der Waals surface area contributed by atoms with Crippen LogP contribution in [0.5, 0.6) is 5.75 Å². The minimum atomic E-state index is -3.66. The van der Waals surface area contributed by atoms with Crippen molar-refractivity contribution in [1.29, 1.82) is 0 Å². The standard InChI is InChI=1S/C13H12ClNO3S/c14-11-3-1-10(2-4-11)9-18-12-5-7-13(8-6-12)19(15,16)17/h1-8H,9H2,(H2,15,16,17). The highest BCUT2D eigenvalue weighted by Crippen LogP contribution is 2.17. The van der Waals surface area contributed by atoms with Crippen LogP contribution in [0.25, 0.3) is 0 Å². The summed E-state index contributed by atoms with van der Waals surface area (Å²) in [5, 5.41) is 5.67. The highest BCUT2D eigenvalue weighted by Gasteiger charge is 2.06. The van der Waals surface area contributed by atoms with Crippen LogP contribution in [-0.2, 0) is 16.6 Å². The molecule has 0 spiro atoms. The second-order valence-corrected chi connectivity index (χ2v) is 5.93. The predicted octanol–water partition coefficient (Wildman–Crippen LogP) is 2.57. The average Bonchev–Trinajstić information content (AvgIpc) is 2.37. The van der Waals surface area contributed by atoms with Crippen LogP contribution in [0.3, 0.4) is 0 Å². The quantitative estimate of drug-likeness (QED) is 0.943. The van der Waals surface area contributed by atoms with E-state index in [1.807, 2.05) is 12.1 Å². The summed E-state index contributed by atoms with van der Waals surface area (Å²) in [4.78, 5) is 0.0614. The molecule has 0 unspecified atom stereocenters. The van der Waals surface area contributed by atoms with Crippen molar-refractivity contribution >= 4 is 21.6 Å². The Balaban J connectivity index is 2.02. The third-order valence-electron chi connectivity index (χ3n) is 2.47. The van der Waals surface area contributed by atoms with Crippen LogP contribution in [-0.4, -0.2) is 8.42 Å². The van der Waals surface area contributed by atoms with E-state index in [4.69, 9.17) is 21.5 Å². The highest BCUT2D eigenvalue weighted by molar-refractivity contribution is 7.89. The Labute approximate surface area is 116 Å². The molecule has 19 heavy (non-hydrogen) atoms. The zero-order valence-corrected chi connectivity index (χ0v) is 11.5. The monoisotopic (exact) mass is 297 g/mol. The Morgan fingerprint density at radius 1 is 1.00 bits per heavy atom. The van der Waals surface area contributed by atoms with Crippen molar-refractivity contribution in [3.05, 3.63) is 59.1 Å². The topological polar surface area (TPSA) is 69.4 Å². The fourth-order valence-corrected chi connectivity index (χ4v) is 2.11. The molecule has 0 aliphatic heterocycles. The molecule has 100 valence electrons. The third kappa shape index (κ3) is 3.96. The van der Waals surface area contributed by atoms with E-state index in [0.717, 1.165) is 5.56 Å². The number of hydrogen-bond donors (Lipinski definition) is 1. The minimum Gasteiger partial charge on any atom is -0.489 e. The first-order valence-corrected chi connectivity index (χ1v) is 7.38. The average molecular weight is 298 g/mol. The van der Waals surface area contributed by atoms with Crippen molar-refractivity contribution in [2.75, 3.05) is 0 Å². The fourth-order valence-electron chi connectivity index (χ4n) is 1.47. The SMILES string of the molecule is NS(=O)(=O)c1ccc(OCc2ccc(Cl)cc2)cc1. The first kappa shape index (κ1) is 13.9. The summed E-state index contributed by atoms with van der Waals surface area (Å²) >= 11 is 5.78. The molecular weight excluding hydrogens is 286 g/mol. The normalized spacial score (nSPS) is 11.3. The van der Waals surface area contributed by atoms with E-state index in [0.29, 0.717) is 17.4 Å². The van der Waals surface area contributed by atoms with Crippen LogP contribution >= 0.6 is 11.6 Å². The van der Waals surface area contributed by atoms with Gasteiger partial charge in [-0.1, -0.05) is 23.7 Å². The number of hydrogen-bond acceptors (Lipinski definition) is 3. The number of benzene rings is 2. The zero-order chi connectivity index (χ0) is 13.9. The molecule has 2 aromatic carbocycles. The van der Waals surface area contributed by atoms with Gasteiger partial charge >= 0.3 is 0 Å². The maximum absolute atomic E-state index is 11.1. The van der Waals surface area contributed by atoms with E-state index >= 15 is 0 Å². The molecule has 2 rings (SSSR count). The summed E-state index contributed by atoms with van der Waals surface area (Å²) in [6.07, 6.45) is 0. The van der Waals surface area contributed by atoms with Crippen molar-refractivity contribution < 1.29 is 13.2 Å². The molecule has 0 radical (unpaired) electrons. The molecule has 0 saturated carbocycles. The van der Waals surface area contributed by atoms with Crippen molar-refractivity contribution in [3.63, 3.8) is 0 Å². The van der Waals surface area contributed by atoms with Crippen LogP contribution in [0.1, 0.15) is 5.56 Å². The van der Waals surface area contributed by atoms with Crippen LogP contribution in [0, 0.1) is 0 Å². The molecule has 0 heterocycles. The molecule has 0 fully saturated rings. The van der Waals surface area contributed by atoms with E-state index in [-0.39, 0.29) is 4.90 Å². The Morgan fingerprint density at radius 3 is 2.11 bits per heavy atom. The van der Waals surface area contributed by atoms with Crippen LogP contribution in [0.15, 0.2) is 53.4 Å². The second-order valence-electron chi connectivity index (χ2n) is 3.93. The predicted molar refractivity (Wildman–Crippen MR) is 73.6 cm³/mol. The number of sulfonamides is 1. The lowest BCUT2D eigenvalue weighted by Crippen LogP contribution is -2.11. The Morgan fingerprint density at radius 2 is 1.58 bits per heavy atom. The molecule has 0 aromatic heterocycles. The lowest BCUT2D eigenvalue weighted by atomic mass is 10.2. The van der Waals surface area contributed by atoms with E-state index < -0.39 is 10.0 Å². The largest absolute Gasteiger partial charge is 0.489 e. The first-order chi connectivity index (χ1) is 8.95.